The molecule has 0 radical (unpaired) electrons. The number of rotatable bonds is 9. The second-order valence-electron chi connectivity index (χ2n) is 11.0. The molecule has 9 nitrogen and oxygen atoms in total. The van der Waals surface area contributed by atoms with Crippen LogP contribution >= 0.6 is 0 Å². The molecule has 0 aromatic heterocycles. The predicted molar refractivity (Wildman–Crippen MR) is 168 cm³/mol. The monoisotopic (exact) mass is 584 g/mol. The van der Waals surface area contributed by atoms with Gasteiger partial charge in [-0.15, -0.1) is 0 Å². The fourth-order valence-corrected chi connectivity index (χ4v) is 5.25. The molecule has 0 unspecified atom stereocenters. The molecule has 2 heterocycles. The van der Waals surface area contributed by atoms with Crippen molar-refractivity contribution in [2.75, 3.05) is 69.4 Å². The predicted octanol–water partition coefficient (Wildman–Crippen LogP) is 3.65. The summed E-state index contributed by atoms with van der Waals surface area (Å²) < 4.78 is 13.9. The molecule has 3 aromatic rings. The van der Waals surface area contributed by atoms with Crippen molar-refractivity contribution in [3.8, 4) is 0 Å². The Morgan fingerprint density at radius 2 is 1.67 bits per heavy atom. The number of anilines is 3. The molecule has 3 N–H and O–H groups in total. The maximum atomic E-state index is 13.9. The molecule has 2 aliphatic rings. The van der Waals surface area contributed by atoms with Gasteiger partial charge in [0, 0.05) is 63.6 Å². The number of piperazine rings is 1. The van der Waals surface area contributed by atoms with E-state index in [1.54, 1.807) is 25.1 Å². The highest BCUT2D eigenvalue weighted by molar-refractivity contribution is 6.37. The van der Waals surface area contributed by atoms with Gasteiger partial charge in [0.05, 0.1) is 23.5 Å². The number of halogens is 1. The van der Waals surface area contributed by atoms with E-state index in [9.17, 15) is 18.8 Å². The maximum absolute atomic E-state index is 13.9. The molecule has 224 valence electrons. The summed E-state index contributed by atoms with van der Waals surface area (Å²) in [6.45, 7) is 4.01. The topological polar surface area (TPSA) is 97.0 Å². The number of fused-ring (bicyclic) bond motifs is 1. The van der Waals surface area contributed by atoms with E-state index < -0.39 is 5.82 Å². The Morgan fingerprint density at radius 3 is 2.35 bits per heavy atom. The molecule has 0 bridgehead atoms. The van der Waals surface area contributed by atoms with E-state index >= 15 is 0 Å². The lowest BCUT2D eigenvalue weighted by atomic mass is 9.98. The number of likely N-dealkylation sites (N-methyl/N-ethyl adjacent to an activating group) is 2. The number of amides is 3. The van der Waals surface area contributed by atoms with Crippen LogP contribution in [0.1, 0.15) is 23.1 Å². The summed E-state index contributed by atoms with van der Waals surface area (Å²) in [5.41, 5.74) is 5.21. The van der Waals surface area contributed by atoms with E-state index in [1.165, 1.54) is 12.1 Å². The molecule has 3 aromatic carbocycles. The average molecular weight is 585 g/mol. The van der Waals surface area contributed by atoms with Crippen molar-refractivity contribution in [3.63, 3.8) is 0 Å². The van der Waals surface area contributed by atoms with Crippen molar-refractivity contribution in [3.05, 3.63) is 89.2 Å². The van der Waals surface area contributed by atoms with Gasteiger partial charge in [0.15, 0.2) is 0 Å². The van der Waals surface area contributed by atoms with E-state index in [2.05, 4.69) is 32.8 Å². The van der Waals surface area contributed by atoms with Crippen LogP contribution in [0, 0.1) is 5.82 Å². The number of nitrogens with one attached hydrogen (secondary N) is 3. The van der Waals surface area contributed by atoms with Crippen molar-refractivity contribution in [2.45, 2.75) is 12.8 Å². The van der Waals surface area contributed by atoms with E-state index in [0.717, 1.165) is 48.7 Å². The fourth-order valence-electron chi connectivity index (χ4n) is 5.25. The van der Waals surface area contributed by atoms with Gasteiger partial charge in [-0.25, -0.2) is 4.39 Å². The van der Waals surface area contributed by atoms with Crippen LogP contribution in [-0.4, -0.2) is 81.4 Å². The SMILES string of the molecule is CNC(=O)CCc1ccc(C(Nc2ccc(N(C)C(=O)CN3CCN(C)CC3)cc2)=C2C(=O)Nc3cc(F)ccc32)cc1. The summed E-state index contributed by atoms with van der Waals surface area (Å²) in [4.78, 5) is 44.0. The summed E-state index contributed by atoms with van der Waals surface area (Å²) in [5, 5.41) is 8.82. The standard InChI is InChI=1S/C33H37FN6O3/c1-35-29(41)15-6-22-4-7-23(8-5-22)32(31-27-14-9-24(34)20-28(27)37-33(31)43)36-25-10-12-26(13-11-25)39(3)30(42)21-40-18-16-38(2)17-19-40/h4-5,7-14,20,36H,6,15-19,21H2,1-3H3,(H,35,41)(H,37,43). The molecule has 10 heteroatoms. The highest BCUT2D eigenvalue weighted by atomic mass is 19.1. The Bertz CT molecular complexity index is 1530. The number of aryl methyl sites for hydroxylation is 1. The highest BCUT2D eigenvalue weighted by Crippen LogP contribution is 2.38. The molecular weight excluding hydrogens is 547 g/mol. The first-order valence-corrected chi connectivity index (χ1v) is 14.4. The van der Waals surface area contributed by atoms with Gasteiger partial charge < -0.3 is 25.8 Å². The lowest BCUT2D eigenvalue weighted by Gasteiger charge is -2.32. The zero-order chi connectivity index (χ0) is 30.5. The van der Waals surface area contributed by atoms with Crippen LogP contribution in [0.4, 0.5) is 21.5 Å². The van der Waals surface area contributed by atoms with Crippen LogP contribution < -0.4 is 20.9 Å². The Morgan fingerprint density at radius 1 is 0.977 bits per heavy atom. The summed E-state index contributed by atoms with van der Waals surface area (Å²) in [7, 11) is 5.48. The number of benzene rings is 3. The van der Waals surface area contributed by atoms with Crippen LogP contribution in [0.2, 0.25) is 0 Å². The van der Waals surface area contributed by atoms with Gasteiger partial charge in [-0.2, -0.15) is 0 Å². The summed E-state index contributed by atoms with van der Waals surface area (Å²) in [6.07, 6.45) is 0.965. The molecule has 1 fully saturated rings. The van der Waals surface area contributed by atoms with E-state index in [-0.39, 0.29) is 17.7 Å². The quantitative estimate of drug-likeness (QED) is 0.333. The number of hydrogen-bond donors (Lipinski definition) is 3. The Hall–Kier alpha value is -4.54. The van der Waals surface area contributed by atoms with Crippen LogP contribution in [0.15, 0.2) is 66.7 Å². The molecule has 5 rings (SSSR count). The van der Waals surface area contributed by atoms with Crippen LogP contribution in [-0.2, 0) is 20.8 Å². The minimum Gasteiger partial charge on any atom is -0.359 e. The van der Waals surface area contributed by atoms with E-state index in [1.807, 2.05) is 48.5 Å². The molecule has 0 atom stereocenters. The first kappa shape index (κ1) is 29.9. The van der Waals surface area contributed by atoms with Crippen molar-refractivity contribution in [2.24, 2.45) is 0 Å². The Balaban J connectivity index is 1.39. The van der Waals surface area contributed by atoms with Gasteiger partial charge in [-0.3, -0.25) is 19.3 Å². The molecule has 0 aliphatic carbocycles. The number of hydrogen-bond acceptors (Lipinski definition) is 6. The first-order valence-electron chi connectivity index (χ1n) is 14.4. The Kier molecular flexibility index (Phi) is 9.18. The summed E-state index contributed by atoms with van der Waals surface area (Å²) >= 11 is 0. The molecule has 3 amide bonds. The minimum atomic E-state index is -0.433. The highest BCUT2D eigenvalue weighted by Gasteiger charge is 2.29. The molecule has 1 saturated heterocycles. The second kappa shape index (κ2) is 13.2. The largest absolute Gasteiger partial charge is 0.359 e. The zero-order valence-electron chi connectivity index (χ0n) is 24.7. The maximum Gasteiger partial charge on any atom is 0.258 e. The summed E-state index contributed by atoms with van der Waals surface area (Å²) in [6, 6.07) is 19.4. The summed E-state index contributed by atoms with van der Waals surface area (Å²) in [5.74, 6) is -0.777. The van der Waals surface area contributed by atoms with Gasteiger partial charge in [0.2, 0.25) is 11.8 Å². The van der Waals surface area contributed by atoms with Gasteiger partial charge in [-0.1, -0.05) is 24.3 Å². The van der Waals surface area contributed by atoms with Crippen LogP contribution in [0.25, 0.3) is 11.3 Å². The van der Waals surface area contributed by atoms with Crippen molar-refractivity contribution in [1.29, 1.82) is 0 Å². The number of carbonyl (C=O) groups is 3. The van der Waals surface area contributed by atoms with Gasteiger partial charge >= 0.3 is 0 Å². The lowest BCUT2D eigenvalue weighted by molar-refractivity contribution is -0.121. The third-order valence-electron chi connectivity index (χ3n) is 7.99. The van der Waals surface area contributed by atoms with Crippen LogP contribution in [0.3, 0.4) is 0 Å². The first-order chi connectivity index (χ1) is 20.7. The minimum absolute atomic E-state index is 0.0241. The van der Waals surface area contributed by atoms with Crippen molar-refractivity contribution < 1.29 is 18.8 Å². The number of nitrogens with zero attached hydrogens (tertiary/aromatic N) is 3. The molecular formula is C33H37FN6O3. The third kappa shape index (κ3) is 7.10. The molecule has 0 spiro atoms. The van der Waals surface area contributed by atoms with Gasteiger partial charge in [0.1, 0.15) is 5.82 Å². The Labute approximate surface area is 251 Å². The smallest absolute Gasteiger partial charge is 0.258 e. The molecule has 43 heavy (non-hydrogen) atoms. The fraction of sp³-hybridized carbons (Fsp3) is 0.303. The average Bonchev–Trinajstić information content (AvgIpc) is 3.34. The zero-order valence-corrected chi connectivity index (χ0v) is 24.7. The van der Waals surface area contributed by atoms with Crippen molar-refractivity contribution in [1.82, 2.24) is 15.1 Å². The lowest BCUT2D eigenvalue weighted by Crippen LogP contribution is -2.48. The normalized spacial score (nSPS) is 16.3. The molecule has 0 saturated carbocycles. The van der Waals surface area contributed by atoms with E-state index in [4.69, 9.17) is 0 Å². The van der Waals surface area contributed by atoms with E-state index in [0.29, 0.717) is 41.9 Å². The number of carbonyl (C=O) groups excluding carboxylic acids is 3. The second-order valence-corrected chi connectivity index (χ2v) is 11.0. The van der Waals surface area contributed by atoms with Crippen molar-refractivity contribution >= 4 is 46.1 Å². The third-order valence-corrected chi connectivity index (χ3v) is 7.99. The van der Waals surface area contributed by atoms with Crippen LogP contribution in [0.5, 0.6) is 0 Å². The van der Waals surface area contributed by atoms with Gasteiger partial charge in [0.25, 0.3) is 5.91 Å². The van der Waals surface area contributed by atoms with Gasteiger partial charge in [-0.05, 0) is 67.1 Å². The molecule has 2 aliphatic heterocycles.